The van der Waals surface area contributed by atoms with Crippen molar-refractivity contribution in [3.05, 3.63) is 29.0 Å². The molecule has 0 radical (unpaired) electrons. The van der Waals surface area contributed by atoms with E-state index < -0.39 is 11.9 Å². The van der Waals surface area contributed by atoms with Crippen molar-refractivity contribution in [1.82, 2.24) is 4.98 Å². The van der Waals surface area contributed by atoms with E-state index in [1.807, 2.05) is 0 Å². The van der Waals surface area contributed by atoms with Gasteiger partial charge in [0.1, 0.15) is 0 Å². The number of pyridine rings is 1. The van der Waals surface area contributed by atoms with Crippen molar-refractivity contribution < 1.29 is 18.4 Å². The number of halogens is 4. The van der Waals surface area contributed by atoms with Crippen molar-refractivity contribution in [2.75, 3.05) is 0 Å². The monoisotopic (exact) mass is 224 g/mol. The summed E-state index contributed by atoms with van der Waals surface area (Å²) in [5.41, 5.74) is -1.81. The van der Waals surface area contributed by atoms with Gasteiger partial charge in [0.25, 0.3) is 0 Å². The van der Waals surface area contributed by atoms with E-state index >= 15 is 0 Å². The lowest BCUT2D eigenvalue weighted by molar-refractivity contribution is -0.0601. The molecule has 0 spiro atoms. The molecule has 14 heavy (non-hydrogen) atoms. The van der Waals surface area contributed by atoms with E-state index in [4.69, 9.17) is 16.8 Å². The molecule has 0 aliphatic carbocycles. The van der Waals surface area contributed by atoms with Gasteiger partial charge in [0.2, 0.25) is 0 Å². The summed E-state index contributed by atoms with van der Waals surface area (Å²) >= 11 is 5.43. The maximum atomic E-state index is 12.2. The van der Waals surface area contributed by atoms with E-state index in [0.717, 1.165) is 12.3 Å². The van der Waals surface area contributed by atoms with Gasteiger partial charge in [-0.25, -0.2) is 0 Å². The van der Waals surface area contributed by atoms with Crippen LogP contribution in [0.4, 0.5) is 13.2 Å². The maximum Gasteiger partial charge on any atom is 0.437 e. The quantitative estimate of drug-likeness (QED) is 0.453. The van der Waals surface area contributed by atoms with Gasteiger partial charge in [-0.05, 0) is 6.07 Å². The van der Waals surface area contributed by atoms with Crippen LogP contribution in [0, 0.1) is 0 Å². The molecule has 1 aromatic rings. The van der Waals surface area contributed by atoms with E-state index in [9.17, 15) is 13.2 Å². The highest BCUT2D eigenvalue weighted by Crippen LogP contribution is 2.23. The highest BCUT2D eigenvalue weighted by Gasteiger charge is 2.37. The van der Waals surface area contributed by atoms with Crippen LogP contribution in [0.3, 0.4) is 0 Å². The number of aromatic nitrogens is 1. The standard InChI is InChI=1S/C7H4ClF3N2O/c8-5-1-4(2-12-3-5)6(13-14)7(9,10)11/h1-3,14H/b13-6-. The fourth-order valence-corrected chi connectivity index (χ4v) is 0.993. The van der Waals surface area contributed by atoms with Crippen LogP contribution in [0.25, 0.3) is 0 Å². The molecule has 1 heterocycles. The first kappa shape index (κ1) is 10.8. The van der Waals surface area contributed by atoms with Crippen LogP contribution >= 0.6 is 11.6 Å². The van der Waals surface area contributed by atoms with Crippen molar-refractivity contribution in [1.29, 1.82) is 0 Å². The second kappa shape index (κ2) is 3.83. The summed E-state index contributed by atoms with van der Waals surface area (Å²) < 4.78 is 36.5. The minimum absolute atomic E-state index is 0.0351. The summed E-state index contributed by atoms with van der Waals surface area (Å²) in [6.45, 7) is 0. The third kappa shape index (κ3) is 2.35. The molecule has 0 atom stereocenters. The van der Waals surface area contributed by atoms with E-state index in [2.05, 4.69) is 10.1 Å². The Labute approximate surface area is 81.8 Å². The molecule has 0 fully saturated rings. The van der Waals surface area contributed by atoms with Crippen molar-refractivity contribution in [2.24, 2.45) is 5.16 Å². The molecule has 0 aromatic carbocycles. The SMILES string of the molecule is O/N=C(/c1cncc(Cl)c1)C(F)(F)F. The first-order valence-corrected chi connectivity index (χ1v) is 3.73. The summed E-state index contributed by atoms with van der Waals surface area (Å²) in [5, 5.41) is 10.4. The van der Waals surface area contributed by atoms with Crippen LogP contribution < -0.4 is 0 Å². The number of hydrogen-bond donors (Lipinski definition) is 1. The average Bonchev–Trinajstić information content (AvgIpc) is 2.02. The van der Waals surface area contributed by atoms with Gasteiger partial charge in [0.15, 0.2) is 5.71 Å². The van der Waals surface area contributed by atoms with Gasteiger partial charge in [-0.3, -0.25) is 4.98 Å². The second-order valence-corrected chi connectivity index (χ2v) is 2.77. The predicted octanol–water partition coefficient (Wildman–Crippen LogP) is 2.48. The zero-order chi connectivity index (χ0) is 10.8. The van der Waals surface area contributed by atoms with Crippen LogP contribution in [0.2, 0.25) is 5.02 Å². The van der Waals surface area contributed by atoms with E-state index in [1.54, 1.807) is 0 Å². The minimum atomic E-state index is -4.74. The zero-order valence-electron chi connectivity index (χ0n) is 6.59. The molecule has 0 unspecified atom stereocenters. The molecule has 7 heteroatoms. The van der Waals surface area contributed by atoms with Gasteiger partial charge in [0, 0.05) is 18.0 Å². The van der Waals surface area contributed by atoms with Crippen molar-refractivity contribution in [3.63, 3.8) is 0 Å². The van der Waals surface area contributed by atoms with Crippen LogP contribution in [0.5, 0.6) is 0 Å². The van der Waals surface area contributed by atoms with Gasteiger partial charge in [-0.1, -0.05) is 16.8 Å². The maximum absolute atomic E-state index is 12.2. The molecule has 0 aliphatic heterocycles. The number of rotatable bonds is 1. The third-order valence-electron chi connectivity index (χ3n) is 1.35. The van der Waals surface area contributed by atoms with Gasteiger partial charge >= 0.3 is 6.18 Å². The number of oxime groups is 1. The summed E-state index contributed by atoms with van der Waals surface area (Å²) in [6, 6.07) is 1.01. The van der Waals surface area contributed by atoms with Crippen molar-refractivity contribution in [2.45, 2.75) is 6.18 Å². The number of hydrogen-bond acceptors (Lipinski definition) is 3. The normalized spacial score (nSPS) is 13.0. The Kier molecular flexibility index (Phi) is 2.95. The van der Waals surface area contributed by atoms with Gasteiger partial charge < -0.3 is 5.21 Å². The molecule has 1 aromatic heterocycles. The van der Waals surface area contributed by atoms with Gasteiger partial charge in [0.05, 0.1) is 5.02 Å². The zero-order valence-corrected chi connectivity index (χ0v) is 7.34. The predicted molar refractivity (Wildman–Crippen MR) is 43.6 cm³/mol. The summed E-state index contributed by atoms with van der Waals surface area (Å²) in [5.74, 6) is 0. The lowest BCUT2D eigenvalue weighted by Gasteiger charge is -2.07. The van der Waals surface area contributed by atoms with Gasteiger partial charge in [-0.2, -0.15) is 13.2 Å². The van der Waals surface area contributed by atoms with E-state index in [-0.39, 0.29) is 10.6 Å². The highest BCUT2D eigenvalue weighted by atomic mass is 35.5. The molecule has 1 rings (SSSR count). The Morgan fingerprint density at radius 1 is 1.43 bits per heavy atom. The van der Waals surface area contributed by atoms with Crippen LogP contribution in [0.15, 0.2) is 23.6 Å². The fourth-order valence-electron chi connectivity index (χ4n) is 0.819. The largest absolute Gasteiger partial charge is 0.437 e. The Morgan fingerprint density at radius 2 is 2.07 bits per heavy atom. The summed E-state index contributed by atoms with van der Waals surface area (Å²) in [6.07, 6.45) is -2.65. The second-order valence-electron chi connectivity index (χ2n) is 2.34. The van der Waals surface area contributed by atoms with Crippen molar-refractivity contribution >= 4 is 17.3 Å². The Bertz CT molecular complexity index is 364. The molecule has 0 bridgehead atoms. The van der Waals surface area contributed by atoms with E-state index in [1.165, 1.54) is 6.20 Å². The van der Waals surface area contributed by atoms with E-state index in [0.29, 0.717) is 0 Å². The molecule has 0 saturated carbocycles. The molecular weight excluding hydrogens is 221 g/mol. The molecule has 1 N–H and O–H groups in total. The Hall–Kier alpha value is -1.30. The lowest BCUT2D eigenvalue weighted by atomic mass is 10.2. The van der Waals surface area contributed by atoms with Crippen LogP contribution in [-0.4, -0.2) is 22.1 Å². The lowest BCUT2D eigenvalue weighted by Crippen LogP contribution is -2.24. The molecular formula is C7H4ClF3N2O. The van der Waals surface area contributed by atoms with Crippen molar-refractivity contribution in [3.8, 4) is 0 Å². The molecule has 0 amide bonds. The molecule has 76 valence electrons. The smallest absolute Gasteiger partial charge is 0.410 e. The van der Waals surface area contributed by atoms with Crippen LogP contribution in [0.1, 0.15) is 5.56 Å². The molecule has 3 nitrogen and oxygen atoms in total. The summed E-state index contributed by atoms with van der Waals surface area (Å²) in [7, 11) is 0. The topological polar surface area (TPSA) is 45.5 Å². The Morgan fingerprint density at radius 3 is 2.50 bits per heavy atom. The first-order valence-electron chi connectivity index (χ1n) is 3.35. The number of alkyl halides is 3. The average molecular weight is 225 g/mol. The first-order chi connectivity index (χ1) is 6.45. The van der Waals surface area contributed by atoms with Crippen LogP contribution in [-0.2, 0) is 0 Å². The fraction of sp³-hybridized carbons (Fsp3) is 0.143. The Balaban J connectivity index is 3.16. The molecule has 0 aliphatic rings. The summed E-state index contributed by atoms with van der Waals surface area (Å²) in [4.78, 5) is 3.44. The van der Waals surface area contributed by atoms with Gasteiger partial charge in [-0.15, -0.1) is 0 Å². The third-order valence-corrected chi connectivity index (χ3v) is 1.55. The molecule has 0 saturated heterocycles. The minimum Gasteiger partial charge on any atom is -0.410 e. The number of nitrogens with zero attached hydrogens (tertiary/aromatic N) is 2. The highest BCUT2D eigenvalue weighted by molar-refractivity contribution is 6.30.